The van der Waals surface area contributed by atoms with Gasteiger partial charge in [-0.05, 0) is 40.6 Å². The third kappa shape index (κ3) is 4.18. The van der Waals surface area contributed by atoms with Gasteiger partial charge in [-0.2, -0.15) is 16.4 Å². The van der Waals surface area contributed by atoms with Crippen LogP contribution in [0.2, 0.25) is 0 Å². The maximum atomic E-state index is 11.8. The third-order valence-corrected chi connectivity index (χ3v) is 4.15. The molecule has 1 amide bonds. The predicted molar refractivity (Wildman–Crippen MR) is 94.9 cm³/mol. The van der Waals surface area contributed by atoms with E-state index in [1.807, 2.05) is 53.4 Å². The molecule has 0 aliphatic carbocycles. The van der Waals surface area contributed by atoms with Crippen LogP contribution in [0.5, 0.6) is 0 Å². The van der Waals surface area contributed by atoms with Gasteiger partial charge in [0.2, 0.25) is 5.91 Å². The normalized spacial score (nSPS) is 12.4. The van der Waals surface area contributed by atoms with Crippen LogP contribution in [0.3, 0.4) is 0 Å². The van der Waals surface area contributed by atoms with Gasteiger partial charge in [0.05, 0.1) is 18.0 Å². The molecule has 0 aliphatic rings. The Hall–Kier alpha value is -2.70. The number of para-hydroxylation sites is 1. The van der Waals surface area contributed by atoms with Crippen molar-refractivity contribution in [3.8, 4) is 5.69 Å². The first kappa shape index (κ1) is 16.2. The van der Waals surface area contributed by atoms with Gasteiger partial charge in [0.25, 0.3) is 0 Å². The summed E-state index contributed by atoms with van der Waals surface area (Å²) in [6.45, 7) is 0.184. The smallest absolute Gasteiger partial charge is 0.244 e. The number of nitrogens with one attached hydrogen (secondary N) is 1. The van der Waals surface area contributed by atoms with Gasteiger partial charge in [0.1, 0.15) is 0 Å². The molecule has 6 heteroatoms. The van der Waals surface area contributed by atoms with Crippen LogP contribution in [-0.4, -0.2) is 27.3 Å². The number of hydrogen-bond donors (Lipinski definition) is 2. The lowest BCUT2D eigenvalue weighted by molar-refractivity contribution is -0.116. The highest BCUT2D eigenvalue weighted by atomic mass is 32.1. The Bertz CT molecular complexity index is 810. The minimum absolute atomic E-state index is 0.184. The quantitative estimate of drug-likeness (QED) is 0.679. The zero-order valence-electron chi connectivity index (χ0n) is 12.9. The summed E-state index contributed by atoms with van der Waals surface area (Å²) >= 11 is 1.51. The number of nitrogens with zero attached hydrogens (tertiary/aromatic N) is 2. The number of carbonyl (C=O) groups excluding carboxylic acids is 1. The van der Waals surface area contributed by atoms with Crippen molar-refractivity contribution in [2.24, 2.45) is 0 Å². The Labute approximate surface area is 143 Å². The van der Waals surface area contributed by atoms with Crippen molar-refractivity contribution < 1.29 is 9.90 Å². The van der Waals surface area contributed by atoms with Crippen LogP contribution in [0.4, 0.5) is 0 Å². The summed E-state index contributed by atoms with van der Waals surface area (Å²) in [5.74, 6) is -0.253. The molecule has 0 saturated heterocycles. The number of thiophene rings is 1. The Balaban J connectivity index is 1.54. The maximum Gasteiger partial charge on any atom is 0.244 e. The lowest BCUT2D eigenvalue weighted by Gasteiger charge is -2.08. The fraction of sp³-hybridized carbons (Fsp3) is 0.111. The average Bonchev–Trinajstić information content (AvgIpc) is 3.30. The molecule has 2 heterocycles. The van der Waals surface area contributed by atoms with Gasteiger partial charge < -0.3 is 10.4 Å². The second-order valence-corrected chi connectivity index (χ2v) is 5.98. The van der Waals surface area contributed by atoms with Crippen LogP contribution in [0.25, 0.3) is 11.8 Å². The van der Waals surface area contributed by atoms with Gasteiger partial charge in [-0.3, -0.25) is 4.79 Å². The fourth-order valence-electron chi connectivity index (χ4n) is 2.16. The number of amides is 1. The molecule has 0 radical (unpaired) electrons. The lowest BCUT2D eigenvalue weighted by Crippen LogP contribution is -2.26. The zero-order valence-corrected chi connectivity index (χ0v) is 13.7. The molecule has 24 heavy (non-hydrogen) atoms. The van der Waals surface area contributed by atoms with Crippen molar-refractivity contribution in [1.29, 1.82) is 0 Å². The van der Waals surface area contributed by atoms with E-state index in [9.17, 15) is 9.90 Å². The first-order valence-electron chi connectivity index (χ1n) is 7.48. The van der Waals surface area contributed by atoms with E-state index in [0.717, 1.165) is 16.8 Å². The molecule has 0 spiro atoms. The Kier molecular flexibility index (Phi) is 5.20. The van der Waals surface area contributed by atoms with E-state index in [1.54, 1.807) is 17.0 Å². The highest BCUT2D eigenvalue weighted by Crippen LogP contribution is 2.15. The van der Waals surface area contributed by atoms with Crippen molar-refractivity contribution in [3.05, 3.63) is 76.8 Å². The molecule has 1 atom stereocenters. The molecule has 0 aliphatic heterocycles. The van der Waals surface area contributed by atoms with Gasteiger partial charge in [-0.25, -0.2) is 4.68 Å². The predicted octanol–water partition coefficient (Wildman–Crippen LogP) is 2.80. The first-order chi connectivity index (χ1) is 11.7. The van der Waals surface area contributed by atoms with E-state index in [-0.39, 0.29) is 12.5 Å². The molecule has 2 N–H and O–H groups in total. The van der Waals surface area contributed by atoms with E-state index < -0.39 is 6.10 Å². The second-order valence-electron chi connectivity index (χ2n) is 5.20. The SMILES string of the molecule is O=C(/C=C/c1cnn(-c2ccccc2)c1)NCC(O)c1ccsc1. The molecule has 3 rings (SSSR count). The van der Waals surface area contributed by atoms with E-state index >= 15 is 0 Å². The lowest BCUT2D eigenvalue weighted by atomic mass is 10.2. The van der Waals surface area contributed by atoms with Gasteiger partial charge in [-0.15, -0.1) is 0 Å². The number of carbonyl (C=O) groups is 1. The number of benzene rings is 1. The van der Waals surface area contributed by atoms with Crippen molar-refractivity contribution in [2.45, 2.75) is 6.10 Å². The van der Waals surface area contributed by atoms with Crippen LogP contribution in [0.15, 0.2) is 65.6 Å². The van der Waals surface area contributed by atoms with Crippen molar-refractivity contribution in [2.75, 3.05) is 6.54 Å². The summed E-state index contributed by atoms with van der Waals surface area (Å²) in [6, 6.07) is 11.6. The summed E-state index contributed by atoms with van der Waals surface area (Å²) in [7, 11) is 0. The Morgan fingerprint density at radius 2 is 2.17 bits per heavy atom. The average molecular weight is 339 g/mol. The molecular weight excluding hydrogens is 322 g/mol. The van der Waals surface area contributed by atoms with E-state index in [4.69, 9.17) is 0 Å². The van der Waals surface area contributed by atoms with E-state index in [0.29, 0.717) is 0 Å². The molecule has 0 saturated carbocycles. The minimum Gasteiger partial charge on any atom is -0.387 e. The topological polar surface area (TPSA) is 67.2 Å². The molecule has 1 aromatic carbocycles. The molecule has 3 aromatic rings. The molecule has 0 bridgehead atoms. The number of rotatable bonds is 6. The molecule has 5 nitrogen and oxygen atoms in total. The van der Waals surface area contributed by atoms with Gasteiger partial charge >= 0.3 is 0 Å². The molecular formula is C18H17N3O2S. The Morgan fingerprint density at radius 1 is 1.33 bits per heavy atom. The monoisotopic (exact) mass is 339 g/mol. The van der Waals surface area contributed by atoms with Crippen LogP contribution in [-0.2, 0) is 4.79 Å². The second kappa shape index (κ2) is 7.72. The summed E-state index contributed by atoms with van der Waals surface area (Å²) in [5.41, 5.74) is 2.60. The maximum absolute atomic E-state index is 11.8. The van der Waals surface area contributed by atoms with Gasteiger partial charge in [0, 0.05) is 24.4 Å². The third-order valence-electron chi connectivity index (χ3n) is 3.45. The molecule has 0 fully saturated rings. The number of aliphatic hydroxyl groups is 1. The first-order valence-corrected chi connectivity index (χ1v) is 8.43. The Morgan fingerprint density at radius 3 is 2.92 bits per heavy atom. The van der Waals surface area contributed by atoms with E-state index in [2.05, 4.69) is 10.4 Å². The van der Waals surface area contributed by atoms with Crippen LogP contribution >= 0.6 is 11.3 Å². The number of aliphatic hydroxyl groups excluding tert-OH is 1. The zero-order chi connectivity index (χ0) is 16.8. The van der Waals surface area contributed by atoms with Crippen LogP contribution < -0.4 is 5.32 Å². The standard InChI is InChI=1S/C18H17N3O2S/c22-17(15-8-9-24-13-15)11-19-18(23)7-6-14-10-20-21(12-14)16-4-2-1-3-5-16/h1-10,12-13,17,22H,11H2,(H,19,23)/b7-6+. The highest BCUT2D eigenvalue weighted by Gasteiger charge is 2.08. The van der Waals surface area contributed by atoms with E-state index in [1.165, 1.54) is 17.4 Å². The van der Waals surface area contributed by atoms with Crippen molar-refractivity contribution >= 4 is 23.3 Å². The largest absolute Gasteiger partial charge is 0.387 e. The summed E-state index contributed by atoms with van der Waals surface area (Å²) < 4.78 is 1.75. The van der Waals surface area contributed by atoms with Gasteiger partial charge in [-0.1, -0.05) is 18.2 Å². The molecule has 1 unspecified atom stereocenters. The van der Waals surface area contributed by atoms with Crippen molar-refractivity contribution in [3.63, 3.8) is 0 Å². The highest BCUT2D eigenvalue weighted by molar-refractivity contribution is 7.07. The van der Waals surface area contributed by atoms with Crippen LogP contribution in [0, 0.1) is 0 Å². The summed E-state index contributed by atoms with van der Waals surface area (Å²) in [5, 5.41) is 20.6. The van der Waals surface area contributed by atoms with Gasteiger partial charge in [0.15, 0.2) is 0 Å². The molecule has 122 valence electrons. The van der Waals surface area contributed by atoms with Crippen molar-refractivity contribution in [1.82, 2.24) is 15.1 Å². The number of hydrogen-bond acceptors (Lipinski definition) is 4. The summed E-state index contributed by atoms with van der Waals surface area (Å²) in [4.78, 5) is 11.8. The fourth-order valence-corrected chi connectivity index (χ4v) is 2.86. The minimum atomic E-state index is -0.686. The molecule has 2 aromatic heterocycles. The summed E-state index contributed by atoms with van der Waals surface area (Å²) in [6.07, 6.45) is 5.98. The number of aromatic nitrogens is 2. The van der Waals surface area contributed by atoms with Crippen LogP contribution in [0.1, 0.15) is 17.2 Å².